The Morgan fingerprint density at radius 2 is 1.90 bits per heavy atom. The third-order valence-electron chi connectivity index (χ3n) is 5.29. The Hall–Kier alpha value is -1.10. The summed E-state index contributed by atoms with van der Waals surface area (Å²) in [7, 11) is 0. The van der Waals surface area contributed by atoms with E-state index in [9.17, 15) is 13.9 Å². The lowest BCUT2D eigenvalue weighted by Crippen LogP contribution is -2.23. The summed E-state index contributed by atoms with van der Waals surface area (Å²) < 4.78 is 26.6. The predicted molar refractivity (Wildman–Crippen MR) is 121 cm³/mol. The second-order valence-electron chi connectivity index (χ2n) is 9.62. The van der Waals surface area contributed by atoms with Crippen LogP contribution >= 0.6 is 0 Å². The summed E-state index contributed by atoms with van der Waals surface area (Å²) in [6, 6.07) is 0.172. The minimum absolute atomic E-state index is 0.172. The first-order chi connectivity index (χ1) is 13.4. The van der Waals surface area contributed by atoms with Crippen LogP contribution in [0.2, 0.25) is 0 Å². The van der Waals surface area contributed by atoms with Gasteiger partial charge in [0.2, 0.25) is 5.92 Å². The van der Waals surface area contributed by atoms with Crippen LogP contribution in [0.25, 0.3) is 0 Å². The lowest BCUT2D eigenvalue weighted by molar-refractivity contribution is 0.0151. The van der Waals surface area contributed by atoms with E-state index in [0.717, 1.165) is 56.0 Å². The van der Waals surface area contributed by atoms with Crippen molar-refractivity contribution in [3.63, 3.8) is 0 Å². The Morgan fingerprint density at radius 3 is 2.48 bits per heavy atom. The van der Waals surface area contributed by atoms with Gasteiger partial charge in [-0.1, -0.05) is 25.3 Å². The molecular weight excluding hydrogens is 370 g/mol. The van der Waals surface area contributed by atoms with E-state index >= 15 is 0 Å². The fourth-order valence-corrected chi connectivity index (χ4v) is 4.05. The molecule has 29 heavy (non-hydrogen) atoms. The van der Waals surface area contributed by atoms with E-state index in [1.165, 1.54) is 6.42 Å². The Bertz CT molecular complexity index is 572. The van der Waals surface area contributed by atoms with E-state index in [2.05, 4.69) is 11.9 Å². The number of hydrogen-bond acceptors (Lipinski definition) is 3. The first-order valence-corrected chi connectivity index (χ1v) is 11.2. The molecule has 1 aliphatic carbocycles. The third kappa shape index (κ3) is 12.9. The van der Waals surface area contributed by atoms with Crippen LogP contribution in [-0.2, 0) is 0 Å². The van der Waals surface area contributed by atoms with Crippen molar-refractivity contribution in [3.8, 4) is 0 Å². The van der Waals surface area contributed by atoms with Crippen molar-refractivity contribution in [1.29, 1.82) is 0 Å². The van der Waals surface area contributed by atoms with E-state index in [1.54, 1.807) is 0 Å². The Morgan fingerprint density at radius 1 is 1.21 bits per heavy atom. The molecule has 1 N–H and O–H groups in total. The van der Waals surface area contributed by atoms with Crippen molar-refractivity contribution in [2.75, 3.05) is 6.54 Å². The molecule has 0 aromatic heterocycles. The monoisotopic (exact) mass is 412 g/mol. The Balaban J connectivity index is 2.87. The van der Waals surface area contributed by atoms with Crippen LogP contribution in [0.15, 0.2) is 21.6 Å². The molecule has 0 aliphatic heterocycles. The van der Waals surface area contributed by atoms with Gasteiger partial charge in [-0.05, 0) is 84.6 Å². The SMILES string of the molecule is CC(C)=CC(CCC(C)(F)F)=NCC(CC1CCCC(C)CC(O)C1)=NC(C)C. The molecule has 3 unspecified atom stereocenters. The quantitative estimate of drug-likeness (QED) is 0.424. The molecule has 0 heterocycles. The van der Waals surface area contributed by atoms with Gasteiger partial charge < -0.3 is 5.11 Å². The number of allylic oxidation sites excluding steroid dienone is 2. The van der Waals surface area contributed by atoms with Gasteiger partial charge in [0, 0.05) is 23.9 Å². The topological polar surface area (TPSA) is 45.0 Å². The molecule has 0 bridgehead atoms. The molecule has 1 fully saturated rings. The van der Waals surface area contributed by atoms with Gasteiger partial charge in [-0.3, -0.25) is 9.98 Å². The van der Waals surface area contributed by atoms with Gasteiger partial charge in [0.1, 0.15) is 0 Å². The van der Waals surface area contributed by atoms with Gasteiger partial charge in [0.05, 0.1) is 12.6 Å². The minimum atomic E-state index is -2.68. The average Bonchev–Trinajstić information content (AvgIpc) is 2.53. The highest BCUT2D eigenvalue weighted by Gasteiger charge is 2.23. The van der Waals surface area contributed by atoms with Crippen molar-refractivity contribution in [2.45, 2.75) is 111 Å². The van der Waals surface area contributed by atoms with Crippen molar-refractivity contribution < 1.29 is 13.9 Å². The zero-order valence-corrected chi connectivity index (χ0v) is 19.3. The van der Waals surface area contributed by atoms with Crippen molar-refractivity contribution >= 4 is 11.4 Å². The lowest BCUT2D eigenvalue weighted by Gasteiger charge is -2.26. The predicted octanol–water partition coefficient (Wildman–Crippen LogP) is 6.65. The fraction of sp³-hybridized carbons (Fsp3) is 0.833. The Kier molecular flexibility index (Phi) is 11.2. The molecule has 168 valence electrons. The highest BCUT2D eigenvalue weighted by molar-refractivity contribution is 5.97. The molecule has 5 heteroatoms. The summed E-state index contributed by atoms with van der Waals surface area (Å²) in [4.78, 5) is 9.46. The van der Waals surface area contributed by atoms with Crippen LogP contribution < -0.4 is 0 Å². The summed E-state index contributed by atoms with van der Waals surface area (Å²) in [6.07, 6.45) is 7.71. The zero-order chi connectivity index (χ0) is 22.0. The second-order valence-corrected chi connectivity index (χ2v) is 9.62. The number of aliphatic hydroxyl groups excluding tert-OH is 1. The number of alkyl halides is 2. The second kappa shape index (κ2) is 12.6. The van der Waals surface area contributed by atoms with Crippen molar-refractivity contribution in [3.05, 3.63) is 11.6 Å². The highest BCUT2D eigenvalue weighted by Crippen LogP contribution is 2.28. The first-order valence-electron chi connectivity index (χ1n) is 11.2. The minimum Gasteiger partial charge on any atom is -0.393 e. The molecule has 0 amide bonds. The van der Waals surface area contributed by atoms with E-state index < -0.39 is 5.92 Å². The molecular formula is C24H42F2N2O. The summed E-state index contributed by atoms with van der Waals surface area (Å²) >= 11 is 0. The molecule has 1 aliphatic rings. The van der Waals surface area contributed by atoms with Gasteiger partial charge in [-0.2, -0.15) is 0 Å². The molecule has 1 rings (SSSR count). The van der Waals surface area contributed by atoms with Gasteiger partial charge in [0.25, 0.3) is 0 Å². The van der Waals surface area contributed by atoms with Crippen LogP contribution in [0.3, 0.4) is 0 Å². The maximum Gasteiger partial charge on any atom is 0.245 e. The molecule has 3 atom stereocenters. The van der Waals surface area contributed by atoms with E-state index in [-0.39, 0.29) is 25.0 Å². The average molecular weight is 413 g/mol. The largest absolute Gasteiger partial charge is 0.393 e. The van der Waals surface area contributed by atoms with E-state index in [0.29, 0.717) is 18.4 Å². The number of aliphatic hydroxyl groups is 1. The van der Waals surface area contributed by atoms with Crippen LogP contribution in [0, 0.1) is 11.8 Å². The smallest absolute Gasteiger partial charge is 0.245 e. The first kappa shape index (κ1) is 25.9. The molecule has 3 nitrogen and oxygen atoms in total. The number of hydrogen-bond donors (Lipinski definition) is 1. The number of halogens is 2. The molecule has 0 spiro atoms. The third-order valence-corrected chi connectivity index (χ3v) is 5.29. The molecule has 0 aromatic carbocycles. The van der Waals surface area contributed by atoms with Crippen LogP contribution in [0.5, 0.6) is 0 Å². The number of nitrogens with zero attached hydrogens (tertiary/aromatic N) is 2. The number of rotatable bonds is 9. The standard InChI is InChI=1S/C24H42F2N2O/c1-17(2)12-21(10-11-24(6,25)26)27-16-22(28-18(3)4)14-20-9-7-8-19(5)13-23(29)15-20/h12,18-20,23,29H,7-11,13-16H2,1-6H3. The van der Waals surface area contributed by atoms with Gasteiger partial charge in [-0.25, -0.2) is 8.78 Å². The van der Waals surface area contributed by atoms with Gasteiger partial charge in [0.15, 0.2) is 0 Å². The maximum absolute atomic E-state index is 13.3. The van der Waals surface area contributed by atoms with Gasteiger partial charge in [-0.15, -0.1) is 0 Å². The van der Waals surface area contributed by atoms with Crippen LogP contribution in [0.4, 0.5) is 8.78 Å². The summed E-state index contributed by atoms with van der Waals surface area (Å²) in [5.74, 6) is -1.68. The summed E-state index contributed by atoms with van der Waals surface area (Å²) in [5.41, 5.74) is 2.80. The lowest BCUT2D eigenvalue weighted by atomic mass is 9.82. The fourth-order valence-electron chi connectivity index (χ4n) is 4.05. The highest BCUT2D eigenvalue weighted by atomic mass is 19.3. The normalized spacial score (nSPS) is 25.0. The van der Waals surface area contributed by atoms with Gasteiger partial charge >= 0.3 is 0 Å². The molecule has 1 saturated carbocycles. The Labute approximate surface area is 176 Å². The van der Waals surface area contributed by atoms with Crippen LogP contribution in [0.1, 0.15) is 92.9 Å². The van der Waals surface area contributed by atoms with Crippen molar-refractivity contribution in [1.82, 2.24) is 0 Å². The molecule has 0 aromatic rings. The summed E-state index contributed by atoms with van der Waals surface area (Å²) in [5, 5.41) is 10.4. The zero-order valence-electron chi connectivity index (χ0n) is 19.3. The molecule has 0 saturated heterocycles. The molecule has 0 radical (unpaired) electrons. The maximum atomic E-state index is 13.3. The van der Waals surface area contributed by atoms with E-state index in [4.69, 9.17) is 4.99 Å². The van der Waals surface area contributed by atoms with Crippen molar-refractivity contribution in [2.24, 2.45) is 21.8 Å². The summed E-state index contributed by atoms with van der Waals surface area (Å²) in [6.45, 7) is 11.6. The van der Waals surface area contributed by atoms with Crippen LogP contribution in [-0.4, -0.2) is 41.1 Å². The van der Waals surface area contributed by atoms with E-state index in [1.807, 2.05) is 33.8 Å². The number of aliphatic imine (C=N–C) groups is 2.